The Morgan fingerprint density at radius 3 is 2.06 bits per heavy atom. The lowest BCUT2D eigenvalue weighted by molar-refractivity contribution is -0.160. The molecule has 0 aromatic rings. The standard InChI is InChI=1S/C12H20O4/c1-3-7-5-6-9(11(13)14)10(12(15)16)8(7)4-2/h7-10H,3-6H2,1-2H3,(H,13,14)(H,15,16). The average Bonchev–Trinajstić information content (AvgIpc) is 2.26. The number of carboxylic acid groups (broad SMARTS) is 2. The molecule has 0 amide bonds. The fourth-order valence-electron chi connectivity index (χ4n) is 3.11. The normalized spacial score (nSPS) is 34.6. The minimum Gasteiger partial charge on any atom is -0.481 e. The molecule has 0 saturated heterocycles. The van der Waals surface area contributed by atoms with Crippen LogP contribution >= 0.6 is 0 Å². The molecule has 0 aliphatic heterocycles. The monoisotopic (exact) mass is 228 g/mol. The summed E-state index contributed by atoms with van der Waals surface area (Å²) in [6.45, 7) is 4.00. The molecule has 2 N–H and O–H groups in total. The molecule has 92 valence electrons. The van der Waals surface area contributed by atoms with Crippen LogP contribution in [0.15, 0.2) is 0 Å². The molecule has 1 fully saturated rings. The molecule has 0 aromatic carbocycles. The summed E-state index contributed by atoms with van der Waals surface area (Å²) < 4.78 is 0. The van der Waals surface area contributed by atoms with Crippen molar-refractivity contribution in [2.75, 3.05) is 0 Å². The van der Waals surface area contributed by atoms with E-state index in [0.717, 1.165) is 19.3 Å². The van der Waals surface area contributed by atoms with E-state index in [9.17, 15) is 14.7 Å². The van der Waals surface area contributed by atoms with Crippen LogP contribution in [0, 0.1) is 23.7 Å². The van der Waals surface area contributed by atoms with Crippen LogP contribution < -0.4 is 0 Å². The van der Waals surface area contributed by atoms with E-state index >= 15 is 0 Å². The molecule has 4 unspecified atom stereocenters. The average molecular weight is 228 g/mol. The van der Waals surface area contributed by atoms with Gasteiger partial charge in [-0.25, -0.2) is 0 Å². The molecular formula is C12H20O4. The molecule has 1 aliphatic rings. The Labute approximate surface area is 95.7 Å². The Balaban J connectivity index is 2.94. The smallest absolute Gasteiger partial charge is 0.307 e. The molecule has 4 nitrogen and oxygen atoms in total. The van der Waals surface area contributed by atoms with Crippen molar-refractivity contribution < 1.29 is 19.8 Å². The second kappa shape index (κ2) is 5.32. The van der Waals surface area contributed by atoms with E-state index in [0.29, 0.717) is 12.3 Å². The molecule has 0 spiro atoms. The van der Waals surface area contributed by atoms with Crippen LogP contribution in [-0.4, -0.2) is 22.2 Å². The van der Waals surface area contributed by atoms with Gasteiger partial charge in [-0.1, -0.05) is 26.7 Å². The minimum atomic E-state index is -0.958. The third-order valence-electron chi connectivity index (χ3n) is 3.95. The van der Waals surface area contributed by atoms with Gasteiger partial charge in [-0.05, 0) is 24.7 Å². The van der Waals surface area contributed by atoms with Crippen molar-refractivity contribution >= 4 is 11.9 Å². The van der Waals surface area contributed by atoms with Crippen molar-refractivity contribution in [3.63, 3.8) is 0 Å². The lowest BCUT2D eigenvalue weighted by Gasteiger charge is -2.38. The van der Waals surface area contributed by atoms with Crippen molar-refractivity contribution in [2.24, 2.45) is 23.7 Å². The van der Waals surface area contributed by atoms with Gasteiger partial charge in [-0.3, -0.25) is 9.59 Å². The van der Waals surface area contributed by atoms with E-state index < -0.39 is 23.8 Å². The lowest BCUT2D eigenvalue weighted by atomic mass is 9.65. The summed E-state index contributed by atoms with van der Waals surface area (Å²) in [6.07, 6.45) is 3.03. The molecule has 0 heterocycles. The van der Waals surface area contributed by atoms with Crippen LogP contribution in [0.1, 0.15) is 39.5 Å². The van der Waals surface area contributed by atoms with Crippen LogP contribution in [0.3, 0.4) is 0 Å². The number of rotatable bonds is 4. The first-order valence-electron chi connectivity index (χ1n) is 5.98. The van der Waals surface area contributed by atoms with Crippen LogP contribution in [0.4, 0.5) is 0 Å². The van der Waals surface area contributed by atoms with Crippen molar-refractivity contribution in [2.45, 2.75) is 39.5 Å². The van der Waals surface area contributed by atoms with E-state index in [-0.39, 0.29) is 5.92 Å². The largest absolute Gasteiger partial charge is 0.481 e. The van der Waals surface area contributed by atoms with E-state index in [1.807, 2.05) is 13.8 Å². The van der Waals surface area contributed by atoms with Crippen molar-refractivity contribution in [3.8, 4) is 0 Å². The van der Waals surface area contributed by atoms with E-state index in [1.54, 1.807) is 0 Å². The van der Waals surface area contributed by atoms with Gasteiger partial charge in [0.1, 0.15) is 0 Å². The predicted octanol–water partition coefficient (Wildman–Crippen LogP) is 2.23. The second-order valence-corrected chi connectivity index (χ2v) is 4.63. The van der Waals surface area contributed by atoms with Crippen LogP contribution in [0.2, 0.25) is 0 Å². The summed E-state index contributed by atoms with van der Waals surface area (Å²) in [5, 5.41) is 18.3. The van der Waals surface area contributed by atoms with Gasteiger partial charge in [-0.2, -0.15) is 0 Å². The van der Waals surface area contributed by atoms with Gasteiger partial charge in [0, 0.05) is 0 Å². The molecule has 0 bridgehead atoms. The first-order valence-corrected chi connectivity index (χ1v) is 5.98. The van der Waals surface area contributed by atoms with Gasteiger partial charge in [0.15, 0.2) is 0 Å². The fraction of sp³-hybridized carbons (Fsp3) is 0.833. The zero-order valence-corrected chi connectivity index (χ0v) is 9.85. The number of hydrogen-bond donors (Lipinski definition) is 2. The summed E-state index contributed by atoms with van der Waals surface area (Å²) in [4.78, 5) is 22.3. The Bertz CT molecular complexity index is 274. The summed E-state index contributed by atoms with van der Waals surface area (Å²) in [5.74, 6) is -2.94. The van der Waals surface area contributed by atoms with E-state index in [1.165, 1.54) is 0 Å². The number of hydrogen-bond acceptors (Lipinski definition) is 2. The molecule has 4 atom stereocenters. The van der Waals surface area contributed by atoms with Crippen LogP contribution in [0.5, 0.6) is 0 Å². The van der Waals surface area contributed by atoms with E-state index in [4.69, 9.17) is 5.11 Å². The van der Waals surface area contributed by atoms with Crippen LogP contribution in [-0.2, 0) is 9.59 Å². The minimum absolute atomic E-state index is 0.0114. The Hall–Kier alpha value is -1.06. The molecule has 1 rings (SSSR count). The topological polar surface area (TPSA) is 74.6 Å². The Morgan fingerprint density at radius 1 is 1.06 bits per heavy atom. The highest BCUT2D eigenvalue weighted by atomic mass is 16.4. The molecular weight excluding hydrogens is 208 g/mol. The third-order valence-corrected chi connectivity index (χ3v) is 3.95. The van der Waals surface area contributed by atoms with Crippen LogP contribution in [0.25, 0.3) is 0 Å². The highest BCUT2D eigenvalue weighted by molar-refractivity contribution is 5.80. The summed E-state index contributed by atoms with van der Waals surface area (Å²) in [7, 11) is 0. The zero-order valence-electron chi connectivity index (χ0n) is 9.85. The molecule has 1 saturated carbocycles. The van der Waals surface area contributed by atoms with Gasteiger partial charge < -0.3 is 10.2 Å². The summed E-state index contributed by atoms with van der Waals surface area (Å²) in [6, 6.07) is 0. The van der Waals surface area contributed by atoms with E-state index in [2.05, 4.69) is 0 Å². The van der Waals surface area contributed by atoms with Crippen molar-refractivity contribution in [1.29, 1.82) is 0 Å². The second-order valence-electron chi connectivity index (χ2n) is 4.63. The van der Waals surface area contributed by atoms with Gasteiger partial charge in [0.25, 0.3) is 0 Å². The maximum Gasteiger partial charge on any atom is 0.307 e. The first kappa shape index (κ1) is 13.0. The third kappa shape index (κ3) is 2.36. The van der Waals surface area contributed by atoms with Gasteiger partial charge in [0.05, 0.1) is 11.8 Å². The Kier molecular flexibility index (Phi) is 4.33. The highest BCUT2D eigenvalue weighted by Gasteiger charge is 2.45. The quantitative estimate of drug-likeness (QED) is 0.773. The molecule has 0 aromatic heterocycles. The van der Waals surface area contributed by atoms with Gasteiger partial charge in [-0.15, -0.1) is 0 Å². The predicted molar refractivity (Wildman–Crippen MR) is 59.0 cm³/mol. The molecule has 1 aliphatic carbocycles. The Morgan fingerprint density at radius 2 is 1.69 bits per heavy atom. The van der Waals surface area contributed by atoms with Crippen molar-refractivity contribution in [1.82, 2.24) is 0 Å². The number of carboxylic acids is 2. The zero-order chi connectivity index (χ0) is 12.3. The lowest BCUT2D eigenvalue weighted by Crippen LogP contribution is -2.42. The SMILES string of the molecule is CCC1CCC(C(=O)O)C(C(=O)O)C1CC. The molecule has 0 radical (unpaired) electrons. The highest BCUT2D eigenvalue weighted by Crippen LogP contribution is 2.42. The first-order chi connectivity index (χ1) is 7.52. The molecule has 4 heteroatoms. The number of aliphatic carboxylic acids is 2. The maximum atomic E-state index is 11.2. The van der Waals surface area contributed by atoms with Gasteiger partial charge in [0.2, 0.25) is 0 Å². The van der Waals surface area contributed by atoms with Gasteiger partial charge >= 0.3 is 11.9 Å². The fourth-order valence-corrected chi connectivity index (χ4v) is 3.11. The summed E-state index contributed by atoms with van der Waals surface area (Å²) in [5.41, 5.74) is 0. The number of carbonyl (C=O) groups is 2. The maximum absolute atomic E-state index is 11.2. The van der Waals surface area contributed by atoms with Crippen molar-refractivity contribution in [3.05, 3.63) is 0 Å². The molecule has 16 heavy (non-hydrogen) atoms. The summed E-state index contributed by atoms with van der Waals surface area (Å²) >= 11 is 0.